The maximum Gasteiger partial charge on any atom is 0.159 e. The van der Waals surface area contributed by atoms with Gasteiger partial charge in [-0.15, -0.1) is 0 Å². The van der Waals surface area contributed by atoms with Gasteiger partial charge in [-0.05, 0) is 36.0 Å². The summed E-state index contributed by atoms with van der Waals surface area (Å²) in [5.74, 6) is 0.716. The van der Waals surface area contributed by atoms with Crippen LogP contribution >= 0.6 is 0 Å². The smallest absolute Gasteiger partial charge is 0.159 e. The molecule has 0 heterocycles. The lowest BCUT2D eigenvalue weighted by molar-refractivity contribution is 0.101. The lowest BCUT2D eigenvalue weighted by Crippen LogP contribution is -1.92. The normalized spacial score (nSPS) is 12.2. The molecule has 1 nitrogen and oxygen atoms in total. The molecule has 0 radical (unpaired) electrons. The van der Waals surface area contributed by atoms with Crippen molar-refractivity contribution in [3.63, 3.8) is 0 Å². The van der Waals surface area contributed by atoms with Crippen LogP contribution < -0.4 is 0 Å². The molecule has 1 heteroatoms. The second kappa shape index (κ2) is 5.83. The van der Waals surface area contributed by atoms with Crippen molar-refractivity contribution in [1.82, 2.24) is 0 Å². The monoisotopic (exact) mass is 252 g/mol. The van der Waals surface area contributed by atoms with E-state index in [9.17, 15) is 4.79 Å². The fourth-order valence-electron chi connectivity index (χ4n) is 2.14. The van der Waals surface area contributed by atoms with Crippen LogP contribution in [0.3, 0.4) is 0 Å². The van der Waals surface area contributed by atoms with E-state index in [2.05, 4.69) is 38.1 Å². The SMILES string of the molecule is CCC(C)c1ccc(-c2ccc(C(C)=O)cc2)cc1. The van der Waals surface area contributed by atoms with Gasteiger partial charge in [0.2, 0.25) is 0 Å². The molecule has 0 N–H and O–H groups in total. The maximum atomic E-state index is 11.2. The van der Waals surface area contributed by atoms with Crippen LogP contribution in [-0.4, -0.2) is 5.78 Å². The molecule has 0 saturated heterocycles. The number of carbonyl (C=O) groups is 1. The van der Waals surface area contributed by atoms with Crippen molar-refractivity contribution in [1.29, 1.82) is 0 Å². The molecule has 19 heavy (non-hydrogen) atoms. The Balaban J connectivity index is 2.24. The Kier molecular flexibility index (Phi) is 4.16. The van der Waals surface area contributed by atoms with E-state index in [1.807, 2.05) is 24.3 Å². The number of benzene rings is 2. The molecule has 0 saturated carbocycles. The van der Waals surface area contributed by atoms with Crippen molar-refractivity contribution < 1.29 is 4.79 Å². The van der Waals surface area contributed by atoms with Crippen LogP contribution in [0.1, 0.15) is 49.0 Å². The van der Waals surface area contributed by atoms with E-state index in [-0.39, 0.29) is 5.78 Å². The second-order valence-corrected chi connectivity index (χ2v) is 5.06. The predicted molar refractivity (Wildman–Crippen MR) is 80.6 cm³/mol. The molecule has 0 fully saturated rings. The summed E-state index contributed by atoms with van der Waals surface area (Å²) in [6.45, 7) is 6.05. The van der Waals surface area contributed by atoms with Crippen molar-refractivity contribution in [2.45, 2.75) is 33.1 Å². The van der Waals surface area contributed by atoms with E-state index >= 15 is 0 Å². The first kappa shape index (κ1) is 13.5. The van der Waals surface area contributed by atoms with E-state index in [0.717, 1.165) is 17.5 Å². The van der Waals surface area contributed by atoms with Crippen molar-refractivity contribution in [3.8, 4) is 11.1 Å². The highest BCUT2D eigenvalue weighted by Gasteiger charge is 2.04. The molecule has 0 aliphatic carbocycles. The molecule has 0 aliphatic rings. The van der Waals surface area contributed by atoms with E-state index < -0.39 is 0 Å². The molecule has 1 atom stereocenters. The summed E-state index contributed by atoms with van der Waals surface area (Å²) in [5.41, 5.74) is 4.49. The summed E-state index contributed by atoms with van der Waals surface area (Å²) in [6.07, 6.45) is 1.16. The van der Waals surface area contributed by atoms with Gasteiger partial charge in [0.25, 0.3) is 0 Å². The number of hydrogen-bond donors (Lipinski definition) is 0. The third kappa shape index (κ3) is 3.11. The topological polar surface area (TPSA) is 17.1 Å². The van der Waals surface area contributed by atoms with Gasteiger partial charge in [0.15, 0.2) is 5.78 Å². The minimum atomic E-state index is 0.110. The molecule has 0 bridgehead atoms. The van der Waals surface area contributed by atoms with Crippen LogP contribution in [0.4, 0.5) is 0 Å². The number of hydrogen-bond acceptors (Lipinski definition) is 1. The van der Waals surface area contributed by atoms with Crippen LogP contribution in [0.25, 0.3) is 11.1 Å². The van der Waals surface area contributed by atoms with Crippen LogP contribution in [0.15, 0.2) is 48.5 Å². The molecular formula is C18H20O. The Hall–Kier alpha value is -1.89. The van der Waals surface area contributed by atoms with Gasteiger partial charge in [0, 0.05) is 5.56 Å². The van der Waals surface area contributed by atoms with Gasteiger partial charge in [-0.25, -0.2) is 0 Å². The fraction of sp³-hybridized carbons (Fsp3) is 0.278. The third-order valence-corrected chi connectivity index (χ3v) is 3.72. The molecule has 1 unspecified atom stereocenters. The van der Waals surface area contributed by atoms with E-state index in [1.165, 1.54) is 11.1 Å². The lowest BCUT2D eigenvalue weighted by atomic mass is 9.95. The van der Waals surface area contributed by atoms with Crippen molar-refractivity contribution >= 4 is 5.78 Å². The molecule has 0 spiro atoms. The van der Waals surface area contributed by atoms with Gasteiger partial charge in [-0.1, -0.05) is 62.4 Å². The number of Topliss-reactive ketones (excluding diaryl/α,β-unsaturated/α-hetero) is 1. The Bertz CT molecular complexity index is 549. The summed E-state index contributed by atoms with van der Waals surface area (Å²) in [4.78, 5) is 11.2. The molecule has 2 rings (SSSR count). The fourth-order valence-corrected chi connectivity index (χ4v) is 2.14. The Morgan fingerprint density at radius 3 is 1.84 bits per heavy atom. The second-order valence-electron chi connectivity index (χ2n) is 5.06. The van der Waals surface area contributed by atoms with Crippen LogP contribution in [0.2, 0.25) is 0 Å². The standard InChI is InChI=1S/C18H20O/c1-4-13(2)15-5-9-17(10-6-15)18-11-7-16(8-12-18)14(3)19/h5-13H,4H2,1-3H3. The molecule has 2 aromatic carbocycles. The van der Waals surface area contributed by atoms with Crippen molar-refractivity contribution in [2.24, 2.45) is 0 Å². The molecule has 2 aromatic rings. The first-order valence-electron chi connectivity index (χ1n) is 6.83. The number of carbonyl (C=O) groups excluding carboxylic acids is 1. The van der Waals surface area contributed by atoms with Gasteiger partial charge < -0.3 is 0 Å². The first-order chi connectivity index (χ1) is 9.11. The summed E-state index contributed by atoms with van der Waals surface area (Å²) >= 11 is 0. The summed E-state index contributed by atoms with van der Waals surface area (Å²) in [7, 11) is 0. The van der Waals surface area contributed by atoms with Crippen molar-refractivity contribution in [3.05, 3.63) is 59.7 Å². The zero-order chi connectivity index (χ0) is 13.8. The highest BCUT2D eigenvalue weighted by atomic mass is 16.1. The van der Waals surface area contributed by atoms with E-state index in [0.29, 0.717) is 5.92 Å². The van der Waals surface area contributed by atoms with E-state index in [1.54, 1.807) is 6.92 Å². The average molecular weight is 252 g/mol. The Morgan fingerprint density at radius 2 is 1.42 bits per heavy atom. The Labute approximate surface area is 115 Å². The molecule has 0 amide bonds. The van der Waals surface area contributed by atoms with Crippen LogP contribution in [0.5, 0.6) is 0 Å². The summed E-state index contributed by atoms with van der Waals surface area (Å²) < 4.78 is 0. The third-order valence-electron chi connectivity index (χ3n) is 3.72. The van der Waals surface area contributed by atoms with Gasteiger partial charge >= 0.3 is 0 Å². The molecular weight excluding hydrogens is 232 g/mol. The quantitative estimate of drug-likeness (QED) is 0.694. The lowest BCUT2D eigenvalue weighted by Gasteiger charge is -2.10. The van der Waals surface area contributed by atoms with Gasteiger partial charge in [0.1, 0.15) is 0 Å². The van der Waals surface area contributed by atoms with Crippen LogP contribution in [0, 0.1) is 0 Å². The number of rotatable bonds is 4. The maximum absolute atomic E-state index is 11.2. The largest absolute Gasteiger partial charge is 0.295 e. The van der Waals surface area contributed by atoms with Gasteiger partial charge in [0.05, 0.1) is 0 Å². The molecule has 0 aromatic heterocycles. The Morgan fingerprint density at radius 1 is 0.947 bits per heavy atom. The van der Waals surface area contributed by atoms with Gasteiger partial charge in [-0.3, -0.25) is 4.79 Å². The number of ketones is 1. The van der Waals surface area contributed by atoms with Crippen molar-refractivity contribution in [2.75, 3.05) is 0 Å². The molecule has 98 valence electrons. The first-order valence-corrected chi connectivity index (χ1v) is 6.83. The molecule has 0 aliphatic heterocycles. The zero-order valence-corrected chi connectivity index (χ0v) is 11.8. The summed E-state index contributed by atoms with van der Waals surface area (Å²) in [5, 5.41) is 0. The zero-order valence-electron chi connectivity index (χ0n) is 11.8. The minimum Gasteiger partial charge on any atom is -0.295 e. The average Bonchev–Trinajstić information content (AvgIpc) is 2.46. The van der Waals surface area contributed by atoms with Crippen LogP contribution in [-0.2, 0) is 0 Å². The highest BCUT2D eigenvalue weighted by molar-refractivity contribution is 5.94. The van der Waals surface area contributed by atoms with Gasteiger partial charge in [-0.2, -0.15) is 0 Å². The summed E-state index contributed by atoms with van der Waals surface area (Å²) in [6, 6.07) is 16.5. The highest BCUT2D eigenvalue weighted by Crippen LogP contribution is 2.24. The minimum absolute atomic E-state index is 0.110. The van der Waals surface area contributed by atoms with E-state index in [4.69, 9.17) is 0 Å². The predicted octanol–water partition coefficient (Wildman–Crippen LogP) is 5.07.